The maximum atomic E-state index is 13.0. The zero-order valence-electron chi connectivity index (χ0n) is 19.1. The van der Waals surface area contributed by atoms with Crippen LogP contribution in [0.25, 0.3) is 5.76 Å². The van der Waals surface area contributed by atoms with Crippen LogP contribution in [-0.2, 0) is 20.9 Å². The molecule has 1 aliphatic rings. The third kappa shape index (κ3) is 4.70. The molecule has 7 heteroatoms. The molecule has 3 aromatic rings. The first kappa shape index (κ1) is 23.2. The lowest BCUT2D eigenvalue weighted by Crippen LogP contribution is -2.32. The number of benzene rings is 2. The largest absolute Gasteiger partial charge is 0.507 e. The van der Waals surface area contributed by atoms with Gasteiger partial charge in [-0.25, -0.2) is 0 Å². The summed E-state index contributed by atoms with van der Waals surface area (Å²) < 4.78 is 11.0. The maximum absolute atomic E-state index is 13.0. The van der Waals surface area contributed by atoms with Crippen LogP contribution < -0.4 is 4.74 Å². The fraction of sp³-hybridized carbons (Fsp3) is 0.222. The van der Waals surface area contributed by atoms with Gasteiger partial charge >= 0.3 is 0 Å². The molecule has 1 amide bonds. The summed E-state index contributed by atoms with van der Waals surface area (Å²) in [5.41, 5.74) is 2.95. The number of aromatic nitrogens is 1. The highest BCUT2D eigenvalue weighted by molar-refractivity contribution is 6.46. The van der Waals surface area contributed by atoms with Gasteiger partial charge in [0.15, 0.2) is 0 Å². The number of carbonyl (C=O) groups excluding carboxylic acids is 2. The van der Waals surface area contributed by atoms with Gasteiger partial charge in [0.05, 0.1) is 18.2 Å². The molecule has 1 unspecified atom stereocenters. The quantitative estimate of drug-likeness (QED) is 0.311. The molecule has 34 heavy (non-hydrogen) atoms. The van der Waals surface area contributed by atoms with Crippen molar-refractivity contribution in [1.29, 1.82) is 0 Å². The van der Waals surface area contributed by atoms with Gasteiger partial charge in [0.25, 0.3) is 11.7 Å². The molecule has 0 spiro atoms. The molecule has 0 saturated carbocycles. The van der Waals surface area contributed by atoms with Crippen LogP contribution >= 0.6 is 0 Å². The van der Waals surface area contributed by atoms with Crippen molar-refractivity contribution in [2.45, 2.75) is 19.6 Å². The molecular formula is C27H26N2O5. The Morgan fingerprint density at radius 1 is 1.09 bits per heavy atom. The Kier molecular flexibility index (Phi) is 7.04. The average molecular weight is 459 g/mol. The minimum atomic E-state index is -0.752. The second kappa shape index (κ2) is 10.3. The van der Waals surface area contributed by atoms with Crippen LogP contribution in [0.5, 0.6) is 5.75 Å². The van der Waals surface area contributed by atoms with E-state index < -0.39 is 17.7 Å². The Bertz CT molecular complexity index is 1210. The fourth-order valence-corrected chi connectivity index (χ4v) is 4.03. The topological polar surface area (TPSA) is 89.0 Å². The summed E-state index contributed by atoms with van der Waals surface area (Å²) in [5, 5.41) is 11.2. The van der Waals surface area contributed by atoms with Gasteiger partial charge in [-0.05, 0) is 47.9 Å². The van der Waals surface area contributed by atoms with E-state index >= 15 is 0 Å². The van der Waals surface area contributed by atoms with E-state index in [1.165, 1.54) is 12.0 Å². The van der Waals surface area contributed by atoms with E-state index in [2.05, 4.69) is 4.98 Å². The fourth-order valence-electron chi connectivity index (χ4n) is 4.03. The van der Waals surface area contributed by atoms with Gasteiger partial charge < -0.3 is 19.5 Å². The summed E-state index contributed by atoms with van der Waals surface area (Å²) in [6.07, 6.45) is 3.21. The van der Waals surface area contributed by atoms with Crippen molar-refractivity contribution in [3.8, 4) is 5.75 Å². The number of amides is 1. The highest BCUT2D eigenvalue weighted by atomic mass is 16.5. The van der Waals surface area contributed by atoms with E-state index in [4.69, 9.17) is 9.47 Å². The number of hydrogen-bond acceptors (Lipinski definition) is 6. The van der Waals surface area contributed by atoms with E-state index in [1.807, 2.05) is 37.3 Å². The van der Waals surface area contributed by atoms with Crippen molar-refractivity contribution >= 4 is 17.4 Å². The van der Waals surface area contributed by atoms with Crippen molar-refractivity contribution in [2.75, 3.05) is 20.3 Å². The number of pyridine rings is 1. The van der Waals surface area contributed by atoms with Gasteiger partial charge in [0, 0.05) is 31.6 Å². The Labute approximate surface area is 198 Å². The molecule has 174 valence electrons. The highest BCUT2D eigenvalue weighted by Crippen LogP contribution is 2.39. The van der Waals surface area contributed by atoms with Crippen LogP contribution in [0.2, 0.25) is 0 Å². The molecule has 1 atom stereocenters. The molecule has 2 aromatic carbocycles. The molecule has 0 bridgehead atoms. The van der Waals surface area contributed by atoms with Crippen LogP contribution in [0.15, 0.2) is 78.6 Å². The monoisotopic (exact) mass is 458 g/mol. The Morgan fingerprint density at radius 2 is 1.88 bits per heavy atom. The van der Waals surface area contributed by atoms with Gasteiger partial charge in [-0.15, -0.1) is 0 Å². The highest BCUT2D eigenvalue weighted by Gasteiger charge is 2.46. The molecule has 0 aliphatic carbocycles. The number of ketones is 1. The number of aliphatic hydroxyl groups is 1. The zero-order valence-corrected chi connectivity index (χ0v) is 19.1. The number of ether oxygens (including phenoxy) is 2. The summed E-state index contributed by atoms with van der Waals surface area (Å²) in [5.74, 6) is -0.967. The number of aryl methyl sites for hydroxylation is 1. The van der Waals surface area contributed by atoms with Crippen molar-refractivity contribution in [3.63, 3.8) is 0 Å². The van der Waals surface area contributed by atoms with E-state index in [9.17, 15) is 14.7 Å². The number of carbonyl (C=O) groups is 2. The lowest BCUT2D eigenvalue weighted by Gasteiger charge is -2.24. The van der Waals surface area contributed by atoms with Crippen molar-refractivity contribution in [2.24, 2.45) is 0 Å². The van der Waals surface area contributed by atoms with Crippen molar-refractivity contribution in [3.05, 3.63) is 101 Å². The van der Waals surface area contributed by atoms with Crippen molar-refractivity contribution in [1.82, 2.24) is 9.88 Å². The second-order valence-electron chi connectivity index (χ2n) is 8.03. The predicted molar refractivity (Wildman–Crippen MR) is 127 cm³/mol. The normalized spacial score (nSPS) is 17.2. The van der Waals surface area contributed by atoms with E-state index in [-0.39, 0.29) is 24.5 Å². The van der Waals surface area contributed by atoms with Gasteiger partial charge in [-0.3, -0.25) is 14.6 Å². The number of nitrogens with zero attached hydrogens (tertiary/aromatic N) is 2. The smallest absolute Gasteiger partial charge is 0.295 e. The number of rotatable bonds is 8. The molecule has 7 nitrogen and oxygen atoms in total. The van der Waals surface area contributed by atoms with Gasteiger partial charge in [0.1, 0.15) is 18.1 Å². The van der Waals surface area contributed by atoms with Gasteiger partial charge in [-0.2, -0.15) is 0 Å². The summed E-state index contributed by atoms with van der Waals surface area (Å²) >= 11 is 0. The molecule has 1 fully saturated rings. The first-order chi connectivity index (χ1) is 16.5. The molecule has 1 aromatic heterocycles. The molecular weight excluding hydrogens is 432 g/mol. The third-order valence-corrected chi connectivity index (χ3v) is 5.76. The molecule has 1 aliphatic heterocycles. The summed E-state index contributed by atoms with van der Waals surface area (Å²) in [7, 11) is 1.53. The summed E-state index contributed by atoms with van der Waals surface area (Å²) in [6, 6.07) is 17.8. The summed E-state index contributed by atoms with van der Waals surface area (Å²) in [4.78, 5) is 31.4. The number of likely N-dealkylation sites (tertiary alicyclic amines) is 1. The lowest BCUT2D eigenvalue weighted by atomic mass is 9.95. The number of hydrogen-bond donors (Lipinski definition) is 1. The molecule has 1 saturated heterocycles. The first-order valence-electron chi connectivity index (χ1n) is 11.0. The van der Waals surface area contributed by atoms with Crippen LogP contribution in [-0.4, -0.2) is 46.9 Å². The van der Waals surface area contributed by atoms with Crippen LogP contribution in [0, 0.1) is 6.92 Å². The van der Waals surface area contributed by atoms with E-state index in [0.29, 0.717) is 23.5 Å². The number of Topliss-reactive ketones (excluding diaryl/α,β-unsaturated/α-hetero) is 1. The molecule has 4 rings (SSSR count). The van der Waals surface area contributed by atoms with Gasteiger partial charge in [-0.1, -0.05) is 36.4 Å². The molecule has 2 heterocycles. The molecule has 0 radical (unpaired) electrons. The lowest BCUT2D eigenvalue weighted by molar-refractivity contribution is -0.140. The SMILES string of the molecule is COCCN1C(=O)C(=O)/C(=C(\O)c2ccc(OCc3ccccc3)c(C)c2)C1c1cccnc1. The summed E-state index contributed by atoms with van der Waals surface area (Å²) in [6.45, 7) is 2.75. The Hall–Kier alpha value is -3.97. The minimum Gasteiger partial charge on any atom is -0.507 e. The predicted octanol–water partition coefficient (Wildman–Crippen LogP) is 4.04. The van der Waals surface area contributed by atoms with Crippen LogP contribution in [0.1, 0.15) is 28.3 Å². The standard InChI is InChI=1S/C27H26N2O5/c1-18-15-20(10-11-22(18)34-17-19-7-4-3-5-8-19)25(30)23-24(21-9-6-12-28-16-21)29(13-14-33-2)27(32)26(23)31/h3-12,15-16,24,30H,13-14,17H2,1-2H3/b25-23-. The number of methoxy groups -OCH3 is 1. The number of aliphatic hydroxyl groups excluding tert-OH is 1. The van der Waals surface area contributed by atoms with E-state index in [0.717, 1.165) is 11.1 Å². The second-order valence-corrected chi connectivity index (χ2v) is 8.03. The Morgan fingerprint density at radius 3 is 2.56 bits per heavy atom. The van der Waals surface area contributed by atoms with Crippen LogP contribution in [0.4, 0.5) is 0 Å². The maximum Gasteiger partial charge on any atom is 0.295 e. The van der Waals surface area contributed by atoms with E-state index in [1.54, 1.807) is 42.7 Å². The third-order valence-electron chi connectivity index (χ3n) is 5.76. The van der Waals surface area contributed by atoms with Crippen LogP contribution in [0.3, 0.4) is 0 Å². The van der Waals surface area contributed by atoms with Crippen molar-refractivity contribution < 1.29 is 24.2 Å². The molecule has 1 N–H and O–H groups in total. The average Bonchev–Trinajstić information content (AvgIpc) is 3.12. The first-order valence-corrected chi connectivity index (χ1v) is 11.0. The zero-order chi connectivity index (χ0) is 24.1. The van der Waals surface area contributed by atoms with Gasteiger partial charge in [0.2, 0.25) is 0 Å². The minimum absolute atomic E-state index is 0.0338. The Balaban J connectivity index is 1.68.